The topological polar surface area (TPSA) is 81.1 Å². The van der Waals surface area contributed by atoms with Crippen molar-refractivity contribution in [2.24, 2.45) is 5.41 Å². The highest BCUT2D eigenvalue weighted by Crippen LogP contribution is 2.41. The lowest BCUT2D eigenvalue weighted by molar-refractivity contribution is -0.129. The molecule has 2 N–H and O–H groups in total. The summed E-state index contributed by atoms with van der Waals surface area (Å²) in [4.78, 5) is 29.5. The summed E-state index contributed by atoms with van der Waals surface area (Å²) in [5.74, 6) is -1.13. The number of carbonyl (C=O) groups is 2. The zero-order valence-electron chi connectivity index (χ0n) is 16.8. The Morgan fingerprint density at radius 2 is 1.67 bits per heavy atom. The molecule has 0 aromatic heterocycles. The van der Waals surface area contributed by atoms with Crippen molar-refractivity contribution in [3.05, 3.63) is 41.2 Å². The molecule has 0 saturated heterocycles. The van der Waals surface area contributed by atoms with Gasteiger partial charge in [0.05, 0.1) is 11.6 Å². The molecule has 27 heavy (non-hydrogen) atoms. The number of nitrogens with zero attached hydrogens (tertiary/aromatic N) is 2. The molecule has 1 aliphatic heterocycles. The van der Waals surface area contributed by atoms with Gasteiger partial charge in [-0.1, -0.05) is 46.8 Å². The molecule has 0 spiro atoms. The number of benzene rings is 1. The smallest absolute Gasteiger partial charge is 0.290 e. The van der Waals surface area contributed by atoms with E-state index in [0.29, 0.717) is 18.7 Å². The molecular weight excluding hydrogens is 344 g/mol. The van der Waals surface area contributed by atoms with Gasteiger partial charge >= 0.3 is 0 Å². The van der Waals surface area contributed by atoms with E-state index in [9.17, 15) is 19.8 Å². The predicted molar refractivity (Wildman–Crippen MR) is 104 cm³/mol. The normalized spacial score (nSPS) is 17.9. The van der Waals surface area contributed by atoms with Crippen molar-refractivity contribution in [1.82, 2.24) is 9.80 Å². The molecule has 1 aromatic rings. The molecule has 0 aliphatic carbocycles. The van der Waals surface area contributed by atoms with Gasteiger partial charge in [-0.15, -0.1) is 0 Å². The van der Waals surface area contributed by atoms with Gasteiger partial charge in [-0.25, -0.2) is 0 Å². The summed E-state index contributed by atoms with van der Waals surface area (Å²) >= 11 is 0. The molecule has 6 nitrogen and oxygen atoms in total. The van der Waals surface area contributed by atoms with Crippen LogP contribution in [0.5, 0.6) is 5.75 Å². The third-order valence-corrected chi connectivity index (χ3v) is 4.99. The second-order valence-electron chi connectivity index (χ2n) is 7.86. The van der Waals surface area contributed by atoms with Crippen molar-refractivity contribution in [3.8, 4) is 5.75 Å². The molecule has 0 radical (unpaired) electrons. The van der Waals surface area contributed by atoms with Crippen molar-refractivity contribution < 1.29 is 19.8 Å². The van der Waals surface area contributed by atoms with Crippen LogP contribution in [-0.4, -0.2) is 57.9 Å². The summed E-state index contributed by atoms with van der Waals surface area (Å²) < 4.78 is 0. The summed E-state index contributed by atoms with van der Waals surface area (Å²) in [6.45, 7) is 12.2. The predicted octanol–water partition coefficient (Wildman–Crippen LogP) is 3.04. The van der Waals surface area contributed by atoms with Crippen LogP contribution < -0.4 is 0 Å². The molecule has 1 atom stereocenters. The van der Waals surface area contributed by atoms with Gasteiger partial charge in [0.2, 0.25) is 0 Å². The average molecular weight is 374 g/mol. The number of amides is 1. The minimum atomic E-state index is -0.729. The van der Waals surface area contributed by atoms with E-state index in [1.54, 1.807) is 37.8 Å². The Balaban J connectivity index is 2.46. The average Bonchev–Trinajstić information content (AvgIpc) is 2.86. The number of aromatic hydroxyl groups is 1. The minimum absolute atomic E-state index is 0.106. The third-order valence-electron chi connectivity index (χ3n) is 4.99. The maximum atomic E-state index is 13.0. The number of phenols is 1. The summed E-state index contributed by atoms with van der Waals surface area (Å²) in [7, 11) is 0. The summed E-state index contributed by atoms with van der Waals surface area (Å²) in [5, 5.41) is 20.1. The second-order valence-corrected chi connectivity index (χ2v) is 7.86. The molecule has 1 heterocycles. The molecule has 1 aliphatic rings. The molecule has 6 heteroatoms. The van der Waals surface area contributed by atoms with Gasteiger partial charge in [-0.05, 0) is 30.8 Å². The highest BCUT2D eigenvalue weighted by molar-refractivity contribution is 6.10. The van der Waals surface area contributed by atoms with Crippen LogP contribution in [0.1, 0.15) is 46.2 Å². The molecule has 2 rings (SSSR count). The van der Waals surface area contributed by atoms with Gasteiger partial charge < -0.3 is 20.0 Å². The standard InChI is InChI=1S/C21H30N2O4/c1-6-22(7-2)12-13-23-17(14-8-10-15(24)11-9-14)16(18(25)20(23)27)19(26)21(3,4)5/h8-11,17,24-25H,6-7,12-13H2,1-5H3. The first-order chi connectivity index (χ1) is 12.6. The molecule has 1 unspecified atom stereocenters. The van der Waals surface area contributed by atoms with Crippen LogP contribution in [-0.2, 0) is 9.59 Å². The molecule has 0 saturated carbocycles. The number of rotatable bonds is 7. The highest BCUT2D eigenvalue weighted by atomic mass is 16.3. The molecule has 1 amide bonds. The number of carbonyl (C=O) groups excluding carboxylic acids is 2. The Labute approximate surface area is 161 Å². The number of aliphatic hydroxyl groups is 1. The quantitative estimate of drug-likeness (QED) is 0.767. The fraction of sp³-hybridized carbons (Fsp3) is 0.524. The van der Waals surface area contributed by atoms with E-state index >= 15 is 0 Å². The maximum Gasteiger partial charge on any atom is 0.290 e. The van der Waals surface area contributed by atoms with Crippen LogP contribution in [0.25, 0.3) is 0 Å². The molecule has 0 fully saturated rings. The SMILES string of the molecule is CCN(CC)CCN1C(=O)C(O)=C(C(=O)C(C)(C)C)C1c1ccc(O)cc1. The van der Waals surface area contributed by atoms with Crippen molar-refractivity contribution in [2.45, 2.75) is 40.7 Å². The number of likely N-dealkylation sites (N-methyl/N-ethyl adjacent to an activating group) is 1. The zero-order chi connectivity index (χ0) is 20.4. The van der Waals surface area contributed by atoms with Crippen molar-refractivity contribution >= 4 is 11.7 Å². The number of phenolic OH excluding ortho intramolecular Hbond substituents is 1. The van der Waals surface area contributed by atoms with E-state index < -0.39 is 23.1 Å². The van der Waals surface area contributed by atoms with Crippen molar-refractivity contribution in [1.29, 1.82) is 0 Å². The number of aliphatic hydroxyl groups excluding tert-OH is 1. The summed E-state index contributed by atoms with van der Waals surface area (Å²) in [6.07, 6.45) is 0. The Morgan fingerprint density at radius 1 is 1.11 bits per heavy atom. The largest absolute Gasteiger partial charge is 0.508 e. The molecular formula is C21H30N2O4. The van der Waals surface area contributed by atoms with Crippen LogP contribution >= 0.6 is 0 Å². The maximum absolute atomic E-state index is 13.0. The first-order valence-corrected chi connectivity index (χ1v) is 9.42. The van der Waals surface area contributed by atoms with Crippen molar-refractivity contribution in [3.63, 3.8) is 0 Å². The van der Waals surface area contributed by atoms with E-state index in [4.69, 9.17) is 0 Å². The minimum Gasteiger partial charge on any atom is -0.508 e. The molecule has 1 aromatic carbocycles. The van der Waals surface area contributed by atoms with Crippen LogP contribution in [0.3, 0.4) is 0 Å². The van der Waals surface area contributed by atoms with Crippen LogP contribution in [0.15, 0.2) is 35.6 Å². The third kappa shape index (κ3) is 4.33. The Bertz CT molecular complexity index is 728. The van der Waals surface area contributed by atoms with E-state index in [1.807, 2.05) is 0 Å². The van der Waals surface area contributed by atoms with Crippen LogP contribution in [0.2, 0.25) is 0 Å². The lowest BCUT2D eigenvalue weighted by atomic mass is 9.82. The number of hydrogen-bond donors (Lipinski definition) is 2. The van der Waals surface area contributed by atoms with E-state index in [1.165, 1.54) is 12.1 Å². The number of hydrogen-bond acceptors (Lipinski definition) is 5. The van der Waals surface area contributed by atoms with Gasteiger partial charge in [-0.3, -0.25) is 9.59 Å². The first-order valence-electron chi connectivity index (χ1n) is 9.42. The fourth-order valence-corrected chi connectivity index (χ4v) is 3.31. The summed E-state index contributed by atoms with van der Waals surface area (Å²) in [5.41, 5.74) is 0.100. The van der Waals surface area contributed by atoms with Gasteiger partial charge in [0.25, 0.3) is 5.91 Å². The second kappa shape index (κ2) is 8.13. The van der Waals surface area contributed by atoms with Crippen LogP contribution in [0.4, 0.5) is 0 Å². The monoisotopic (exact) mass is 374 g/mol. The lowest BCUT2D eigenvalue weighted by Crippen LogP contribution is -2.39. The van der Waals surface area contributed by atoms with Crippen molar-refractivity contribution in [2.75, 3.05) is 26.2 Å². The number of ketones is 1. The zero-order valence-corrected chi connectivity index (χ0v) is 16.8. The highest BCUT2D eigenvalue weighted by Gasteiger charge is 2.45. The Morgan fingerprint density at radius 3 is 2.15 bits per heavy atom. The fourth-order valence-electron chi connectivity index (χ4n) is 3.31. The van der Waals surface area contributed by atoms with Crippen LogP contribution in [0, 0.1) is 5.41 Å². The molecule has 0 bridgehead atoms. The van der Waals surface area contributed by atoms with E-state index in [-0.39, 0.29) is 17.1 Å². The Kier molecular flexibility index (Phi) is 6.31. The van der Waals surface area contributed by atoms with Gasteiger partial charge in [0.1, 0.15) is 5.75 Å². The van der Waals surface area contributed by atoms with Gasteiger partial charge in [-0.2, -0.15) is 0 Å². The summed E-state index contributed by atoms with van der Waals surface area (Å²) in [6, 6.07) is 5.77. The van der Waals surface area contributed by atoms with E-state index in [0.717, 1.165) is 13.1 Å². The first kappa shape index (κ1) is 21.0. The van der Waals surface area contributed by atoms with E-state index in [2.05, 4.69) is 18.7 Å². The lowest BCUT2D eigenvalue weighted by Gasteiger charge is -2.30. The molecule has 148 valence electrons. The van der Waals surface area contributed by atoms with Gasteiger partial charge in [0, 0.05) is 18.5 Å². The Hall–Kier alpha value is -2.34. The van der Waals surface area contributed by atoms with Gasteiger partial charge in [0.15, 0.2) is 11.5 Å². The number of Topliss-reactive ketones (excluding diaryl/α,β-unsaturated/α-hetero) is 1.